The number of nitrogens with zero attached hydrogens (tertiary/aromatic N) is 3. The fraction of sp³-hybridized carbons (Fsp3) is 0.435. The van der Waals surface area contributed by atoms with Gasteiger partial charge in [-0.2, -0.15) is 0 Å². The summed E-state index contributed by atoms with van der Waals surface area (Å²) < 4.78 is 7.56. The molecule has 1 aliphatic carbocycles. The molecule has 158 valence electrons. The van der Waals surface area contributed by atoms with E-state index in [4.69, 9.17) is 9.72 Å². The van der Waals surface area contributed by atoms with Gasteiger partial charge in [0.25, 0.3) is 0 Å². The van der Waals surface area contributed by atoms with E-state index in [9.17, 15) is 4.79 Å². The third kappa shape index (κ3) is 4.95. The molecule has 2 heterocycles. The summed E-state index contributed by atoms with van der Waals surface area (Å²) in [5.41, 5.74) is 2.95. The van der Waals surface area contributed by atoms with E-state index in [0.717, 1.165) is 28.3 Å². The molecule has 1 amide bonds. The van der Waals surface area contributed by atoms with Crippen LogP contribution in [0.15, 0.2) is 42.6 Å². The molecule has 1 N–H and O–H groups in total. The number of amides is 1. The molecule has 1 saturated carbocycles. The number of aromatic nitrogens is 3. The maximum absolute atomic E-state index is 12.3. The molecule has 0 atom stereocenters. The number of pyridine rings is 1. The summed E-state index contributed by atoms with van der Waals surface area (Å²) in [6.07, 6.45) is 8.04. The van der Waals surface area contributed by atoms with E-state index in [1.165, 1.54) is 32.1 Å². The molecule has 0 bridgehead atoms. The normalized spacial score (nSPS) is 14.7. The highest BCUT2D eigenvalue weighted by Crippen LogP contribution is 2.32. The number of hydrogen-bond donors (Lipinski definition) is 1. The molecule has 1 fully saturated rings. The standard InChI is InChI=1S/C23H28N4O2S/c1-29-19-10-5-7-17(13-19)14-25-22(28)16-30-15-21-26-20-11-6-12-24-23(20)27(21)18-8-3-2-4-9-18/h5-7,10-13,18H,2-4,8-9,14-16H2,1H3,(H,25,28). The SMILES string of the molecule is COc1cccc(CNC(=O)CSCc2nc3cccnc3n2C2CCCCC2)c1. The Morgan fingerprint density at radius 2 is 2.10 bits per heavy atom. The highest BCUT2D eigenvalue weighted by Gasteiger charge is 2.22. The van der Waals surface area contributed by atoms with Gasteiger partial charge in [-0.05, 0) is 42.7 Å². The van der Waals surface area contributed by atoms with Crippen LogP contribution < -0.4 is 10.1 Å². The number of carbonyl (C=O) groups excluding carboxylic acids is 1. The Hall–Kier alpha value is -2.54. The van der Waals surface area contributed by atoms with Crippen LogP contribution >= 0.6 is 11.8 Å². The topological polar surface area (TPSA) is 69.0 Å². The summed E-state index contributed by atoms with van der Waals surface area (Å²) in [5.74, 6) is 2.97. The quantitative estimate of drug-likeness (QED) is 0.577. The predicted molar refractivity (Wildman–Crippen MR) is 121 cm³/mol. The van der Waals surface area contributed by atoms with Gasteiger partial charge >= 0.3 is 0 Å². The van der Waals surface area contributed by atoms with Crippen molar-refractivity contribution in [3.8, 4) is 5.75 Å². The minimum Gasteiger partial charge on any atom is -0.497 e. The number of fused-ring (bicyclic) bond motifs is 1. The molecule has 1 aliphatic rings. The van der Waals surface area contributed by atoms with Crippen LogP contribution in [0.5, 0.6) is 5.75 Å². The number of benzene rings is 1. The summed E-state index contributed by atoms with van der Waals surface area (Å²) in [6, 6.07) is 12.2. The number of imidazole rings is 1. The number of rotatable bonds is 8. The number of nitrogens with one attached hydrogen (secondary N) is 1. The first-order chi connectivity index (χ1) is 14.7. The summed E-state index contributed by atoms with van der Waals surface area (Å²) in [5, 5.41) is 2.99. The van der Waals surface area contributed by atoms with E-state index in [1.54, 1.807) is 18.9 Å². The fourth-order valence-electron chi connectivity index (χ4n) is 4.07. The van der Waals surface area contributed by atoms with Crippen molar-refractivity contribution in [2.75, 3.05) is 12.9 Å². The number of hydrogen-bond acceptors (Lipinski definition) is 5. The van der Waals surface area contributed by atoms with E-state index in [0.29, 0.717) is 24.1 Å². The molecule has 6 nitrogen and oxygen atoms in total. The van der Waals surface area contributed by atoms with Gasteiger partial charge in [-0.15, -0.1) is 11.8 Å². The summed E-state index contributed by atoms with van der Waals surface area (Å²) in [7, 11) is 1.64. The lowest BCUT2D eigenvalue weighted by Gasteiger charge is -2.25. The monoisotopic (exact) mass is 424 g/mol. The number of thioether (sulfide) groups is 1. The van der Waals surface area contributed by atoms with Crippen molar-refractivity contribution in [2.45, 2.75) is 50.4 Å². The summed E-state index contributed by atoms with van der Waals surface area (Å²) >= 11 is 1.60. The van der Waals surface area contributed by atoms with Crippen LogP contribution in [0.25, 0.3) is 11.2 Å². The zero-order valence-electron chi connectivity index (χ0n) is 17.3. The first kappa shape index (κ1) is 20.7. The van der Waals surface area contributed by atoms with Crippen LogP contribution in [0.1, 0.15) is 49.5 Å². The van der Waals surface area contributed by atoms with Gasteiger partial charge in [0.2, 0.25) is 5.91 Å². The smallest absolute Gasteiger partial charge is 0.230 e. The number of carbonyl (C=O) groups is 1. The zero-order valence-corrected chi connectivity index (χ0v) is 18.2. The van der Waals surface area contributed by atoms with Crippen LogP contribution in [0.3, 0.4) is 0 Å². The second-order valence-electron chi connectivity index (χ2n) is 7.66. The largest absolute Gasteiger partial charge is 0.497 e. The van der Waals surface area contributed by atoms with Gasteiger partial charge in [-0.25, -0.2) is 9.97 Å². The third-order valence-electron chi connectivity index (χ3n) is 5.55. The molecule has 0 unspecified atom stereocenters. The molecule has 0 aliphatic heterocycles. The van der Waals surface area contributed by atoms with Gasteiger partial charge in [0.05, 0.1) is 18.6 Å². The van der Waals surface area contributed by atoms with Gasteiger partial charge in [0.15, 0.2) is 5.65 Å². The van der Waals surface area contributed by atoms with E-state index >= 15 is 0 Å². The highest BCUT2D eigenvalue weighted by molar-refractivity contribution is 7.99. The molecule has 0 radical (unpaired) electrons. The summed E-state index contributed by atoms with van der Waals surface area (Å²) in [6.45, 7) is 0.501. The van der Waals surface area contributed by atoms with Crippen LogP contribution in [-0.4, -0.2) is 33.3 Å². The minimum atomic E-state index is 0.0290. The van der Waals surface area contributed by atoms with E-state index in [1.807, 2.05) is 42.6 Å². The first-order valence-electron chi connectivity index (χ1n) is 10.5. The van der Waals surface area contributed by atoms with Crippen LogP contribution in [0.2, 0.25) is 0 Å². The van der Waals surface area contributed by atoms with Gasteiger partial charge in [-0.3, -0.25) is 4.79 Å². The number of methoxy groups -OCH3 is 1. The molecule has 0 spiro atoms. The van der Waals surface area contributed by atoms with Crippen LogP contribution in [0, 0.1) is 0 Å². The van der Waals surface area contributed by atoms with Crippen molar-refractivity contribution >= 4 is 28.8 Å². The average molecular weight is 425 g/mol. The van der Waals surface area contributed by atoms with E-state index < -0.39 is 0 Å². The minimum absolute atomic E-state index is 0.0290. The highest BCUT2D eigenvalue weighted by atomic mass is 32.2. The molecule has 3 aromatic rings. The molecular formula is C23H28N4O2S. The second kappa shape index (κ2) is 9.98. The molecule has 7 heteroatoms. The van der Waals surface area contributed by atoms with E-state index in [2.05, 4.69) is 14.9 Å². The zero-order chi connectivity index (χ0) is 20.8. The van der Waals surface area contributed by atoms with Gasteiger partial charge < -0.3 is 14.6 Å². The Bertz CT molecular complexity index is 998. The fourth-order valence-corrected chi connectivity index (χ4v) is 4.85. The van der Waals surface area contributed by atoms with Crippen LogP contribution in [-0.2, 0) is 17.1 Å². The van der Waals surface area contributed by atoms with Gasteiger partial charge in [0.1, 0.15) is 17.1 Å². The Kier molecular flexibility index (Phi) is 6.89. The molecule has 1 aromatic carbocycles. The lowest BCUT2D eigenvalue weighted by Crippen LogP contribution is -2.24. The van der Waals surface area contributed by atoms with Crippen molar-refractivity contribution in [1.29, 1.82) is 0 Å². The molecule has 30 heavy (non-hydrogen) atoms. The molecule has 0 saturated heterocycles. The Morgan fingerprint density at radius 1 is 1.23 bits per heavy atom. The lowest BCUT2D eigenvalue weighted by molar-refractivity contribution is -0.118. The maximum Gasteiger partial charge on any atom is 0.230 e. The van der Waals surface area contributed by atoms with Gasteiger partial charge in [-0.1, -0.05) is 31.4 Å². The Labute approximate surface area is 181 Å². The van der Waals surface area contributed by atoms with Crippen molar-refractivity contribution in [1.82, 2.24) is 19.9 Å². The van der Waals surface area contributed by atoms with Crippen molar-refractivity contribution in [3.05, 3.63) is 54.0 Å². The van der Waals surface area contributed by atoms with Crippen molar-refractivity contribution in [2.24, 2.45) is 0 Å². The van der Waals surface area contributed by atoms with Gasteiger partial charge in [0, 0.05) is 18.8 Å². The molecule has 2 aromatic heterocycles. The maximum atomic E-state index is 12.3. The molecule has 4 rings (SSSR count). The van der Waals surface area contributed by atoms with E-state index in [-0.39, 0.29) is 5.91 Å². The lowest BCUT2D eigenvalue weighted by atomic mass is 9.95. The number of ether oxygens (including phenoxy) is 1. The average Bonchev–Trinajstić information content (AvgIpc) is 3.16. The predicted octanol–water partition coefficient (Wildman–Crippen LogP) is 4.49. The Morgan fingerprint density at radius 3 is 2.93 bits per heavy atom. The Balaban J connectivity index is 1.35. The second-order valence-corrected chi connectivity index (χ2v) is 8.64. The first-order valence-corrected chi connectivity index (χ1v) is 11.7. The van der Waals surface area contributed by atoms with Crippen LogP contribution in [0.4, 0.5) is 0 Å². The summed E-state index contributed by atoms with van der Waals surface area (Å²) in [4.78, 5) is 21.7. The molecular weight excluding hydrogens is 396 g/mol. The van der Waals surface area contributed by atoms with Crippen molar-refractivity contribution in [3.63, 3.8) is 0 Å². The third-order valence-corrected chi connectivity index (χ3v) is 6.48. The van der Waals surface area contributed by atoms with Crippen molar-refractivity contribution < 1.29 is 9.53 Å².